The Morgan fingerprint density at radius 2 is 1.86 bits per heavy atom. The van der Waals surface area contributed by atoms with E-state index in [2.05, 4.69) is 4.98 Å². The molecular weight excluding hydrogens is 360 g/mol. The quantitative estimate of drug-likeness (QED) is 0.653. The summed E-state index contributed by atoms with van der Waals surface area (Å²) in [6.07, 6.45) is 1.66. The van der Waals surface area contributed by atoms with Crippen molar-refractivity contribution >= 4 is 22.7 Å². The van der Waals surface area contributed by atoms with Gasteiger partial charge in [-0.2, -0.15) is 0 Å². The van der Waals surface area contributed by atoms with Crippen molar-refractivity contribution in [2.24, 2.45) is 0 Å². The van der Waals surface area contributed by atoms with Crippen molar-refractivity contribution in [2.75, 3.05) is 13.2 Å². The molecule has 1 atom stereocenters. The maximum absolute atomic E-state index is 12.8. The maximum Gasteiger partial charge on any atom is 0.347 e. The summed E-state index contributed by atoms with van der Waals surface area (Å²) in [5.41, 5.74) is 1.12. The van der Waals surface area contributed by atoms with Crippen molar-refractivity contribution in [1.82, 2.24) is 9.88 Å². The Bertz CT molecular complexity index is 1180. The standard InChI is InChI=1S/C21H16N2O5/c24-19-14-8-7-12(18-22-17-6-2-1-5-15(17)21(26)28-18)10-16(14)20(25)23(19)11-13-4-3-9-27-13/h1-2,5-8,10,13H,3-4,9,11H2. The SMILES string of the molecule is O=C1c2ccc(-c3nc4ccccc4c(=O)o3)cc2C(=O)N1CC1CCCO1. The Kier molecular flexibility index (Phi) is 3.84. The molecule has 1 unspecified atom stereocenters. The third kappa shape index (κ3) is 2.63. The van der Waals surface area contributed by atoms with Crippen LogP contribution in [0.4, 0.5) is 0 Å². The zero-order chi connectivity index (χ0) is 19.3. The molecule has 0 bridgehead atoms. The molecule has 28 heavy (non-hydrogen) atoms. The molecule has 2 amide bonds. The van der Waals surface area contributed by atoms with Crippen LogP contribution in [0.25, 0.3) is 22.4 Å². The zero-order valence-electron chi connectivity index (χ0n) is 14.9. The van der Waals surface area contributed by atoms with E-state index in [4.69, 9.17) is 9.15 Å². The molecule has 3 heterocycles. The molecule has 0 aliphatic carbocycles. The van der Waals surface area contributed by atoms with Crippen LogP contribution in [0.3, 0.4) is 0 Å². The molecule has 3 aromatic rings. The second kappa shape index (κ2) is 6.38. The number of carbonyl (C=O) groups is 2. The number of benzene rings is 2. The number of para-hydroxylation sites is 1. The fraction of sp³-hybridized carbons (Fsp3) is 0.238. The van der Waals surface area contributed by atoms with E-state index in [0.29, 0.717) is 28.6 Å². The van der Waals surface area contributed by atoms with Gasteiger partial charge >= 0.3 is 5.63 Å². The molecule has 1 fully saturated rings. The van der Waals surface area contributed by atoms with Crippen molar-refractivity contribution in [2.45, 2.75) is 18.9 Å². The van der Waals surface area contributed by atoms with Gasteiger partial charge in [-0.25, -0.2) is 9.78 Å². The van der Waals surface area contributed by atoms with E-state index in [1.54, 1.807) is 42.5 Å². The molecule has 1 aromatic heterocycles. The van der Waals surface area contributed by atoms with Crippen LogP contribution < -0.4 is 5.63 Å². The third-order valence-corrected chi connectivity index (χ3v) is 5.16. The number of amides is 2. The fourth-order valence-corrected chi connectivity index (χ4v) is 3.72. The Labute approximate surface area is 159 Å². The largest absolute Gasteiger partial charge is 0.403 e. The van der Waals surface area contributed by atoms with Gasteiger partial charge in [0, 0.05) is 12.2 Å². The summed E-state index contributed by atoms with van der Waals surface area (Å²) in [6, 6.07) is 11.7. The summed E-state index contributed by atoms with van der Waals surface area (Å²) in [5.74, 6) is -0.570. The van der Waals surface area contributed by atoms with Crippen LogP contribution >= 0.6 is 0 Å². The van der Waals surface area contributed by atoms with Gasteiger partial charge in [0.2, 0.25) is 5.89 Å². The molecule has 0 spiro atoms. The van der Waals surface area contributed by atoms with Gasteiger partial charge in [0.1, 0.15) is 0 Å². The van der Waals surface area contributed by atoms with Crippen LogP contribution in [0.15, 0.2) is 51.7 Å². The number of aromatic nitrogens is 1. The lowest BCUT2D eigenvalue weighted by molar-refractivity contribution is 0.0475. The van der Waals surface area contributed by atoms with Crippen molar-refractivity contribution in [3.8, 4) is 11.5 Å². The summed E-state index contributed by atoms with van der Waals surface area (Å²) in [5, 5.41) is 0.390. The van der Waals surface area contributed by atoms with Crippen LogP contribution in [0.1, 0.15) is 33.6 Å². The Balaban J connectivity index is 1.52. The van der Waals surface area contributed by atoms with Gasteiger partial charge in [0.15, 0.2) is 0 Å². The number of hydrogen-bond acceptors (Lipinski definition) is 6. The van der Waals surface area contributed by atoms with E-state index >= 15 is 0 Å². The van der Waals surface area contributed by atoms with Crippen molar-refractivity contribution < 1.29 is 18.7 Å². The number of carbonyl (C=O) groups excluding carboxylic acids is 2. The number of fused-ring (bicyclic) bond motifs is 2. The smallest absolute Gasteiger partial charge is 0.347 e. The minimum atomic E-state index is -0.497. The van der Waals surface area contributed by atoms with Gasteiger partial charge in [-0.1, -0.05) is 12.1 Å². The molecule has 2 aromatic carbocycles. The summed E-state index contributed by atoms with van der Waals surface area (Å²) >= 11 is 0. The van der Waals surface area contributed by atoms with Crippen molar-refractivity contribution in [1.29, 1.82) is 0 Å². The zero-order valence-corrected chi connectivity index (χ0v) is 14.9. The molecule has 7 nitrogen and oxygen atoms in total. The molecule has 1 saturated heterocycles. The number of rotatable bonds is 3. The highest BCUT2D eigenvalue weighted by molar-refractivity contribution is 6.21. The highest BCUT2D eigenvalue weighted by Gasteiger charge is 2.37. The summed E-state index contributed by atoms with van der Waals surface area (Å²) in [7, 11) is 0. The normalized spacial score (nSPS) is 18.9. The molecule has 0 saturated carbocycles. The Morgan fingerprint density at radius 1 is 1.04 bits per heavy atom. The van der Waals surface area contributed by atoms with Crippen LogP contribution in [0, 0.1) is 0 Å². The maximum atomic E-state index is 12.8. The van der Waals surface area contributed by atoms with Gasteiger partial charge in [-0.15, -0.1) is 0 Å². The first-order valence-electron chi connectivity index (χ1n) is 9.14. The van der Waals surface area contributed by atoms with Gasteiger partial charge in [0.05, 0.1) is 34.7 Å². The van der Waals surface area contributed by atoms with Crippen LogP contribution in [-0.4, -0.2) is 41.0 Å². The van der Waals surface area contributed by atoms with E-state index in [9.17, 15) is 14.4 Å². The highest BCUT2D eigenvalue weighted by Crippen LogP contribution is 2.29. The number of nitrogens with zero attached hydrogens (tertiary/aromatic N) is 2. The Hall–Kier alpha value is -3.32. The monoisotopic (exact) mass is 376 g/mol. The van der Waals surface area contributed by atoms with Crippen LogP contribution in [-0.2, 0) is 4.74 Å². The first-order valence-corrected chi connectivity index (χ1v) is 9.14. The number of ether oxygens (including phenoxy) is 1. The molecule has 2 aliphatic heterocycles. The average Bonchev–Trinajstić information content (AvgIpc) is 3.31. The highest BCUT2D eigenvalue weighted by atomic mass is 16.5. The lowest BCUT2D eigenvalue weighted by Gasteiger charge is -2.17. The minimum Gasteiger partial charge on any atom is -0.403 e. The van der Waals surface area contributed by atoms with Gasteiger partial charge in [0.25, 0.3) is 11.8 Å². The summed E-state index contributed by atoms with van der Waals surface area (Å²) < 4.78 is 10.9. The van der Waals surface area contributed by atoms with Crippen molar-refractivity contribution in [3.63, 3.8) is 0 Å². The molecule has 0 N–H and O–H groups in total. The minimum absolute atomic E-state index is 0.109. The van der Waals surface area contributed by atoms with E-state index < -0.39 is 5.63 Å². The van der Waals surface area contributed by atoms with Gasteiger partial charge in [-0.05, 0) is 43.2 Å². The third-order valence-electron chi connectivity index (χ3n) is 5.16. The fourth-order valence-electron chi connectivity index (χ4n) is 3.72. The molecule has 0 radical (unpaired) electrons. The van der Waals surface area contributed by atoms with E-state index in [-0.39, 0.29) is 35.9 Å². The average molecular weight is 376 g/mol. The number of imide groups is 1. The first kappa shape index (κ1) is 16.8. The second-order valence-electron chi connectivity index (χ2n) is 6.94. The first-order chi connectivity index (χ1) is 13.6. The number of hydrogen-bond donors (Lipinski definition) is 0. The van der Waals surface area contributed by atoms with Gasteiger partial charge in [-0.3, -0.25) is 14.5 Å². The van der Waals surface area contributed by atoms with Crippen LogP contribution in [0.5, 0.6) is 0 Å². The molecule has 140 valence electrons. The predicted octanol–water partition coefficient (Wildman–Crippen LogP) is 2.63. The lowest BCUT2D eigenvalue weighted by Crippen LogP contribution is -2.36. The molecule has 7 heteroatoms. The summed E-state index contributed by atoms with van der Waals surface area (Å²) in [4.78, 5) is 43.3. The summed E-state index contributed by atoms with van der Waals surface area (Å²) in [6.45, 7) is 0.912. The van der Waals surface area contributed by atoms with Crippen LogP contribution in [0.2, 0.25) is 0 Å². The van der Waals surface area contributed by atoms with E-state index in [0.717, 1.165) is 12.8 Å². The van der Waals surface area contributed by atoms with E-state index in [1.165, 1.54) is 4.90 Å². The lowest BCUT2D eigenvalue weighted by atomic mass is 10.1. The topological polar surface area (TPSA) is 89.7 Å². The Morgan fingerprint density at radius 3 is 2.68 bits per heavy atom. The molecular formula is C21H16N2O5. The predicted molar refractivity (Wildman–Crippen MR) is 100 cm³/mol. The van der Waals surface area contributed by atoms with Gasteiger partial charge < -0.3 is 9.15 Å². The van der Waals surface area contributed by atoms with Crippen molar-refractivity contribution in [3.05, 3.63) is 64.0 Å². The molecule has 2 aliphatic rings. The van der Waals surface area contributed by atoms with E-state index in [1.807, 2.05) is 0 Å². The molecule has 5 rings (SSSR count). The second-order valence-corrected chi connectivity index (χ2v) is 6.94.